The lowest BCUT2D eigenvalue weighted by Gasteiger charge is -1.96. The fourth-order valence-electron chi connectivity index (χ4n) is 1.22. The van der Waals surface area contributed by atoms with Crippen LogP contribution in [0.3, 0.4) is 0 Å². The van der Waals surface area contributed by atoms with Crippen LogP contribution in [0.5, 0.6) is 0 Å². The van der Waals surface area contributed by atoms with Gasteiger partial charge in [0.2, 0.25) is 0 Å². The van der Waals surface area contributed by atoms with Crippen LogP contribution < -0.4 is 0 Å². The maximum absolute atomic E-state index is 5.76. The van der Waals surface area contributed by atoms with E-state index in [1.165, 1.54) is 15.3 Å². The van der Waals surface area contributed by atoms with E-state index in [-0.39, 0.29) is 0 Å². The summed E-state index contributed by atoms with van der Waals surface area (Å²) in [6.07, 6.45) is 0. The molecule has 0 spiro atoms. The molecule has 0 amide bonds. The minimum absolute atomic E-state index is 0.598. The van der Waals surface area contributed by atoms with E-state index in [4.69, 9.17) is 11.6 Å². The Labute approximate surface area is 101 Å². The molecule has 0 radical (unpaired) electrons. The number of thiophene rings is 1. The van der Waals surface area contributed by atoms with Crippen LogP contribution in [0.4, 0.5) is 0 Å². The molecule has 0 nitrogen and oxygen atoms in total. The summed E-state index contributed by atoms with van der Waals surface area (Å²) in [6.45, 7) is 0. The van der Waals surface area contributed by atoms with Gasteiger partial charge in [-0.15, -0.1) is 22.9 Å². The van der Waals surface area contributed by atoms with Crippen LogP contribution in [0, 0.1) is 0 Å². The van der Waals surface area contributed by atoms with Gasteiger partial charge in [-0.25, -0.2) is 0 Å². The minimum Gasteiger partial charge on any atom is -0.139 e. The largest absolute Gasteiger partial charge is 0.139 e. The molecule has 0 bridgehead atoms. The van der Waals surface area contributed by atoms with Crippen LogP contribution in [0.1, 0.15) is 4.88 Å². The first-order chi connectivity index (χ1) is 6.79. The summed E-state index contributed by atoms with van der Waals surface area (Å²) in [6, 6.07) is 12.5. The molecule has 14 heavy (non-hydrogen) atoms. The molecule has 0 aliphatic heterocycles. The van der Waals surface area contributed by atoms with Gasteiger partial charge in [0.1, 0.15) is 0 Å². The maximum Gasteiger partial charge on any atom is 0.0568 e. The molecule has 0 atom stereocenters. The zero-order valence-corrected chi connectivity index (χ0v) is 10.5. The molecular weight excluding hydrogens is 280 g/mol. The second kappa shape index (κ2) is 4.47. The van der Waals surface area contributed by atoms with Crippen molar-refractivity contribution in [1.29, 1.82) is 0 Å². The SMILES string of the molecule is ClCc1ccc(-c2ccc(Br)cc2)s1. The standard InChI is InChI=1S/C11H8BrClS/c12-9-3-1-8(2-4-9)11-6-5-10(7-13)14-11/h1-6H,7H2. The average Bonchev–Trinajstić information content (AvgIpc) is 2.67. The highest BCUT2D eigenvalue weighted by Crippen LogP contribution is 2.29. The normalized spacial score (nSPS) is 10.4. The molecule has 3 heteroatoms. The Kier molecular flexibility index (Phi) is 3.26. The first kappa shape index (κ1) is 10.2. The Morgan fingerprint density at radius 1 is 1.07 bits per heavy atom. The first-order valence-corrected chi connectivity index (χ1v) is 6.34. The Hall–Kier alpha value is -0.310. The number of halogens is 2. The highest BCUT2D eigenvalue weighted by atomic mass is 79.9. The number of benzene rings is 1. The summed E-state index contributed by atoms with van der Waals surface area (Å²) >= 11 is 10.9. The van der Waals surface area contributed by atoms with Gasteiger partial charge in [0.25, 0.3) is 0 Å². The zero-order chi connectivity index (χ0) is 9.97. The lowest BCUT2D eigenvalue weighted by Crippen LogP contribution is -1.70. The molecule has 2 rings (SSSR count). The topological polar surface area (TPSA) is 0 Å². The minimum atomic E-state index is 0.598. The molecule has 72 valence electrons. The Morgan fingerprint density at radius 2 is 1.79 bits per heavy atom. The molecule has 0 N–H and O–H groups in total. The van der Waals surface area contributed by atoms with Gasteiger partial charge in [-0.2, -0.15) is 0 Å². The highest BCUT2D eigenvalue weighted by molar-refractivity contribution is 9.10. The van der Waals surface area contributed by atoms with Gasteiger partial charge in [0.15, 0.2) is 0 Å². The molecule has 2 aromatic rings. The monoisotopic (exact) mass is 286 g/mol. The van der Waals surface area contributed by atoms with Crippen LogP contribution in [0.25, 0.3) is 10.4 Å². The lowest BCUT2D eigenvalue weighted by atomic mass is 10.2. The quantitative estimate of drug-likeness (QED) is 0.688. The van der Waals surface area contributed by atoms with E-state index in [0.717, 1.165) is 4.47 Å². The number of rotatable bonds is 2. The van der Waals surface area contributed by atoms with Gasteiger partial charge in [-0.05, 0) is 29.8 Å². The Balaban J connectivity index is 2.34. The smallest absolute Gasteiger partial charge is 0.0568 e. The summed E-state index contributed by atoms with van der Waals surface area (Å²) < 4.78 is 1.11. The van der Waals surface area contributed by atoms with Gasteiger partial charge in [0, 0.05) is 14.2 Å². The average molecular weight is 288 g/mol. The Bertz CT molecular complexity index is 419. The maximum atomic E-state index is 5.76. The van der Waals surface area contributed by atoms with E-state index in [9.17, 15) is 0 Å². The van der Waals surface area contributed by atoms with Crippen molar-refractivity contribution in [3.05, 3.63) is 45.7 Å². The van der Waals surface area contributed by atoms with E-state index < -0.39 is 0 Å². The summed E-state index contributed by atoms with van der Waals surface area (Å²) in [7, 11) is 0. The summed E-state index contributed by atoms with van der Waals surface area (Å²) in [5, 5.41) is 0. The van der Waals surface area contributed by atoms with Crippen molar-refractivity contribution in [2.45, 2.75) is 5.88 Å². The van der Waals surface area contributed by atoms with Crippen LogP contribution >= 0.6 is 38.9 Å². The van der Waals surface area contributed by atoms with E-state index in [2.05, 4.69) is 52.3 Å². The zero-order valence-electron chi connectivity index (χ0n) is 7.34. The molecule has 0 aliphatic rings. The summed E-state index contributed by atoms with van der Waals surface area (Å²) in [5.41, 5.74) is 1.24. The first-order valence-electron chi connectivity index (χ1n) is 4.20. The van der Waals surface area contributed by atoms with Crippen molar-refractivity contribution in [2.75, 3.05) is 0 Å². The molecular formula is C11H8BrClS. The molecule has 0 aliphatic carbocycles. The third-order valence-electron chi connectivity index (χ3n) is 1.92. The van der Waals surface area contributed by atoms with E-state index in [0.29, 0.717) is 5.88 Å². The van der Waals surface area contributed by atoms with Gasteiger partial charge in [0.05, 0.1) is 5.88 Å². The van der Waals surface area contributed by atoms with E-state index in [1.807, 2.05) is 0 Å². The highest BCUT2D eigenvalue weighted by Gasteiger charge is 2.01. The number of alkyl halides is 1. The van der Waals surface area contributed by atoms with Gasteiger partial charge in [-0.3, -0.25) is 0 Å². The molecule has 0 unspecified atom stereocenters. The second-order valence-corrected chi connectivity index (χ2v) is 5.26. The number of hydrogen-bond acceptors (Lipinski definition) is 1. The van der Waals surface area contributed by atoms with E-state index >= 15 is 0 Å². The third kappa shape index (κ3) is 2.19. The number of hydrogen-bond donors (Lipinski definition) is 0. The summed E-state index contributed by atoms with van der Waals surface area (Å²) in [4.78, 5) is 2.48. The van der Waals surface area contributed by atoms with E-state index in [1.54, 1.807) is 11.3 Å². The predicted octanol–water partition coefficient (Wildman–Crippen LogP) is 4.92. The van der Waals surface area contributed by atoms with Gasteiger partial charge in [-0.1, -0.05) is 28.1 Å². The fraction of sp³-hybridized carbons (Fsp3) is 0.0909. The van der Waals surface area contributed by atoms with Gasteiger partial charge >= 0.3 is 0 Å². The molecule has 0 saturated heterocycles. The predicted molar refractivity (Wildman–Crippen MR) is 67.0 cm³/mol. The second-order valence-electron chi connectivity index (χ2n) is 2.91. The fourth-order valence-corrected chi connectivity index (χ4v) is 2.60. The molecule has 1 heterocycles. The van der Waals surface area contributed by atoms with Crippen LogP contribution in [-0.4, -0.2) is 0 Å². The van der Waals surface area contributed by atoms with Crippen LogP contribution in [0.2, 0.25) is 0 Å². The van der Waals surface area contributed by atoms with Crippen molar-refractivity contribution in [3.63, 3.8) is 0 Å². The Morgan fingerprint density at radius 3 is 2.36 bits per heavy atom. The molecule has 1 aromatic heterocycles. The summed E-state index contributed by atoms with van der Waals surface area (Å²) in [5.74, 6) is 0.598. The van der Waals surface area contributed by atoms with Crippen molar-refractivity contribution in [2.24, 2.45) is 0 Å². The molecule has 0 saturated carbocycles. The molecule has 1 aromatic carbocycles. The molecule has 0 fully saturated rings. The van der Waals surface area contributed by atoms with Crippen LogP contribution in [0.15, 0.2) is 40.9 Å². The van der Waals surface area contributed by atoms with Gasteiger partial charge < -0.3 is 0 Å². The van der Waals surface area contributed by atoms with Crippen LogP contribution in [-0.2, 0) is 5.88 Å². The third-order valence-corrected chi connectivity index (χ3v) is 4.03. The lowest BCUT2D eigenvalue weighted by molar-refractivity contribution is 1.53. The van der Waals surface area contributed by atoms with Crippen molar-refractivity contribution in [3.8, 4) is 10.4 Å². The van der Waals surface area contributed by atoms with Crippen molar-refractivity contribution in [1.82, 2.24) is 0 Å². The van der Waals surface area contributed by atoms with Crippen molar-refractivity contribution < 1.29 is 0 Å². The van der Waals surface area contributed by atoms with Crippen molar-refractivity contribution >= 4 is 38.9 Å².